The number of carbonyl (C=O) groups excluding carboxylic acids is 4. The van der Waals surface area contributed by atoms with Crippen LogP contribution in [0.4, 0.5) is 5.69 Å². The predicted molar refractivity (Wildman–Crippen MR) is 142 cm³/mol. The second-order valence-corrected chi connectivity index (χ2v) is 8.88. The first-order valence-corrected chi connectivity index (χ1v) is 12.8. The summed E-state index contributed by atoms with van der Waals surface area (Å²) in [6.07, 6.45) is 0. The Morgan fingerprint density at radius 3 is 2.11 bits per heavy atom. The van der Waals surface area contributed by atoms with Crippen molar-refractivity contribution in [2.45, 2.75) is 18.7 Å². The predicted octanol–water partition coefficient (Wildman–Crippen LogP) is 4.08. The van der Waals surface area contributed by atoms with Gasteiger partial charge in [0.15, 0.2) is 6.61 Å². The smallest absolute Gasteiger partial charge is 0.338 e. The number of thioether (sulfide) groups is 1. The van der Waals surface area contributed by atoms with Crippen molar-refractivity contribution < 1.29 is 28.7 Å². The summed E-state index contributed by atoms with van der Waals surface area (Å²) in [5.74, 6) is -1.21. The summed E-state index contributed by atoms with van der Waals surface area (Å²) < 4.78 is 10.1. The molecule has 2 amide bonds. The van der Waals surface area contributed by atoms with Gasteiger partial charge >= 0.3 is 11.9 Å². The van der Waals surface area contributed by atoms with E-state index >= 15 is 0 Å². The lowest BCUT2D eigenvalue weighted by Gasteiger charge is -2.17. The summed E-state index contributed by atoms with van der Waals surface area (Å²) in [7, 11) is 0. The van der Waals surface area contributed by atoms with Gasteiger partial charge in [-0.2, -0.15) is 11.8 Å². The number of hydrogen-bond acceptors (Lipinski definition) is 7. The van der Waals surface area contributed by atoms with Crippen LogP contribution in [0.2, 0.25) is 0 Å². The number of carbonyl (C=O) groups is 4. The van der Waals surface area contributed by atoms with Crippen LogP contribution in [-0.4, -0.2) is 48.8 Å². The maximum atomic E-state index is 12.8. The molecule has 192 valence electrons. The Kier molecular flexibility index (Phi) is 10.7. The van der Waals surface area contributed by atoms with E-state index in [0.29, 0.717) is 22.6 Å². The Hall–Kier alpha value is -4.11. The lowest BCUT2D eigenvalue weighted by Crippen LogP contribution is -2.44. The molecule has 3 rings (SSSR count). The van der Waals surface area contributed by atoms with Gasteiger partial charge in [0, 0.05) is 22.8 Å². The molecule has 3 aromatic rings. The van der Waals surface area contributed by atoms with Gasteiger partial charge in [-0.25, -0.2) is 9.59 Å². The first kappa shape index (κ1) is 27.5. The Morgan fingerprint density at radius 1 is 0.811 bits per heavy atom. The van der Waals surface area contributed by atoms with E-state index in [0.717, 1.165) is 5.56 Å². The fraction of sp³-hybridized carbons (Fsp3) is 0.214. The molecule has 2 N–H and O–H groups in total. The molecule has 8 nitrogen and oxygen atoms in total. The molecule has 0 saturated heterocycles. The van der Waals surface area contributed by atoms with Crippen molar-refractivity contribution >= 4 is 41.2 Å². The highest BCUT2D eigenvalue weighted by atomic mass is 32.2. The molecule has 0 heterocycles. The Balaban J connectivity index is 1.55. The Bertz CT molecular complexity index is 1190. The zero-order chi connectivity index (χ0) is 26.5. The van der Waals surface area contributed by atoms with Crippen molar-refractivity contribution in [3.05, 3.63) is 102 Å². The number of esters is 2. The zero-order valence-corrected chi connectivity index (χ0v) is 21.2. The van der Waals surface area contributed by atoms with Crippen LogP contribution in [-0.2, 0) is 24.8 Å². The topological polar surface area (TPSA) is 111 Å². The molecule has 0 radical (unpaired) electrons. The van der Waals surface area contributed by atoms with Crippen LogP contribution >= 0.6 is 11.8 Å². The van der Waals surface area contributed by atoms with Crippen LogP contribution in [0, 0.1) is 0 Å². The van der Waals surface area contributed by atoms with Crippen molar-refractivity contribution in [2.24, 2.45) is 0 Å². The SMILES string of the molecule is CCOC(=O)c1ccc(NC(=O)COC(=O)[C@H](CSCc2ccccc2)NC(=O)c2ccccc2)cc1. The molecular formula is C28H28N2O6S. The van der Waals surface area contributed by atoms with E-state index in [1.54, 1.807) is 49.4 Å². The highest BCUT2D eigenvalue weighted by Crippen LogP contribution is 2.14. The summed E-state index contributed by atoms with van der Waals surface area (Å²) >= 11 is 1.47. The van der Waals surface area contributed by atoms with Gasteiger partial charge in [-0.15, -0.1) is 0 Å². The molecule has 3 aromatic carbocycles. The number of benzene rings is 3. The lowest BCUT2D eigenvalue weighted by atomic mass is 10.2. The molecular weight excluding hydrogens is 492 g/mol. The average molecular weight is 521 g/mol. The molecule has 0 aliphatic rings. The minimum atomic E-state index is -0.946. The standard InChI is InChI=1S/C28H28N2O6S/c1-2-35-27(33)22-13-15-23(16-14-22)29-25(31)17-36-28(34)24(19-37-18-20-9-5-3-6-10-20)30-26(32)21-11-7-4-8-12-21/h3-16,24H,2,17-19H2,1H3,(H,29,31)(H,30,32)/t24-/m0/s1. The van der Waals surface area contributed by atoms with Gasteiger partial charge in [-0.05, 0) is 48.9 Å². The average Bonchev–Trinajstić information content (AvgIpc) is 2.92. The highest BCUT2D eigenvalue weighted by molar-refractivity contribution is 7.98. The molecule has 0 unspecified atom stereocenters. The van der Waals surface area contributed by atoms with Crippen LogP contribution in [0.1, 0.15) is 33.2 Å². The van der Waals surface area contributed by atoms with E-state index in [4.69, 9.17) is 9.47 Å². The second kappa shape index (κ2) is 14.4. The summed E-state index contributed by atoms with van der Waals surface area (Å²) in [5, 5.41) is 5.31. The van der Waals surface area contributed by atoms with E-state index < -0.39 is 36.4 Å². The molecule has 0 saturated carbocycles. The molecule has 0 fully saturated rings. The number of anilines is 1. The minimum absolute atomic E-state index is 0.264. The minimum Gasteiger partial charge on any atom is -0.462 e. The van der Waals surface area contributed by atoms with Gasteiger partial charge < -0.3 is 20.1 Å². The number of rotatable bonds is 12. The van der Waals surface area contributed by atoms with Gasteiger partial charge in [-0.1, -0.05) is 48.5 Å². The van der Waals surface area contributed by atoms with Crippen molar-refractivity contribution in [3.63, 3.8) is 0 Å². The van der Waals surface area contributed by atoms with Crippen molar-refractivity contribution in [1.82, 2.24) is 5.32 Å². The van der Waals surface area contributed by atoms with Crippen LogP contribution < -0.4 is 10.6 Å². The van der Waals surface area contributed by atoms with Gasteiger partial charge in [-0.3, -0.25) is 9.59 Å². The number of amides is 2. The molecule has 1 atom stereocenters. The maximum absolute atomic E-state index is 12.8. The number of hydrogen-bond donors (Lipinski definition) is 2. The zero-order valence-electron chi connectivity index (χ0n) is 20.3. The first-order valence-electron chi connectivity index (χ1n) is 11.7. The monoisotopic (exact) mass is 520 g/mol. The molecule has 9 heteroatoms. The summed E-state index contributed by atoms with van der Waals surface area (Å²) in [5.41, 5.74) is 2.29. The van der Waals surface area contributed by atoms with Crippen molar-refractivity contribution in [1.29, 1.82) is 0 Å². The van der Waals surface area contributed by atoms with Crippen LogP contribution in [0.15, 0.2) is 84.9 Å². The van der Waals surface area contributed by atoms with Crippen LogP contribution in [0.25, 0.3) is 0 Å². The van der Waals surface area contributed by atoms with E-state index in [-0.39, 0.29) is 12.4 Å². The molecule has 0 spiro atoms. The molecule has 0 aliphatic carbocycles. The second-order valence-electron chi connectivity index (χ2n) is 7.85. The maximum Gasteiger partial charge on any atom is 0.338 e. The fourth-order valence-electron chi connectivity index (χ4n) is 3.21. The third-order valence-electron chi connectivity index (χ3n) is 5.05. The normalized spacial score (nSPS) is 11.2. The van der Waals surface area contributed by atoms with Crippen LogP contribution in [0.5, 0.6) is 0 Å². The molecule has 0 aliphatic heterocycles. The number of ether oxygens (including phenoxy) is 2. The van der Waals surface area contributed by atoms with E-state index in [1.165, 1.54) is 23.9 Å². The highest BCUT2D eigenvalue weighted by Gasteiger charge is 2.24. The van der Waals surface area contributed by atoms with Crippen molar-refractivity contribution in [2.75, 3.05) is 24.3 Å². The summed E-state index contributed by atoms with van der Waals surface area (Å²) in [4.78, 5) is 49.5. The summed E-state index contributed by atoms with van der Waals surface area (Å²) in [6, 6.07) is 23.5. The first-order chi connectivity index (χ1) is 18.0. The largest absolute Gasteiger partial charge is 0.462 e. The fourth-order valence-corrected chi connectivity index (χ4v) is 4.21. The van der Waals surface area contributed by atoms with Crippen LogP contribution in [0.3, 0.4) is 0 Å². The third kappa shape index (κ3) is 9.12. The van der Waals surface area contributed by atoms with Gasteiger partial charge in [0.1, 0.15) is 6.04 Å². The third-order valence-corrected chi connectivity index (χ3v) is 6.15. The van der Waals surface area contributed by atoms with Gasteiger partial charge in [0.05, 0.1) is 12.2 Å². The Morgan fingerprint density at radius 2 is 1.46 bits per heavy atom. The van der Waals surface area contributed by atoms with E-state index in [2.05, 4.69) is 10.6 Å². The van der Waals surface area contributed by atoms with Gasteiger partial charge in [0.25, 0.3) is 11.8 Å². The van der Waals surface area contributed by atoms with E-state index in [1.807, 2.05) is 30.3 Å². The molecule has 0 bridgehead atoms. The quantitative estimate of drug-likeness (QED) is 0.346. The Labute approximate surface area is 219 Å². The number of nitrogens with one attached hydrogen (secondary N) is 2. The molecule has 37 heavy (non-hydrogen) atoms. The lowest BCUT2D eigenvalue weighted by molar-refractivity contribution is -0.148. The molecule has 0 aromatic heterocycles. The summed E-state index contributed by atoms with van der Waals surface area (Å²) in [6.45, 7) is 1.45. The van der Waals surface area contributed by atoms with Gasteiger partial charge in [0.2, 0.25) is 0 Å². The van der Waals surface area contributed by atoms with E-state index in [9.17, 15) is 19.2 Å². The van der Waals surface area contributed by atoms with Crippen molar-refractivity contribution in [3.8, 4) is 0 Å².